The van der Waals surface area contributed by atoms with Crippen LogP contribution in [-0.4, -0.2) is 49.7 Å². The predicted octanol–water partition coefficient (Wildman–Crippen LogP) is 1.45. The summed E-state index contributed by atoms with van der Waals surface area (Å²) >= 11 is 0. The van der Waals surface area contributed by atoms with E-state index in [9.17, 15) is 0 Å². The largest absolute Gasteiger partial charge is 0.316 e. The summed E-state index contributed by atoms with van der Waals surface area (Å²) < 4.78 is 0. The molecule has 3 heteroatoms. The van der Waals surface area contributed by atoms with E-state index in [2.05, 4.69) is 29.4 Å². The van der Waals surface area contributed by atoms with Gasteiger partial charge in [-0.25, -0.2) is 0 Å². The molecule has 3 nitrogen and oxygen atoms in total. The van der Waals surface area contributed by atoms with Crippen LogP contribution in [0.2, 0.25) is 0 Å². The molecule has 0 radical (unpaired) electrons. The molecular formula is C15H29N3. The fourth-order valence-electron chi connectivity index (χ4n) is 3.68. The molecule has 3 aliphatic rings. The SMILES string of the molecule is CC(C)C1(CNC2CCN(C3CC3)C2)CCNC1. The lowest BCUT2D eigenvalue weighted by atomic mass is 9.76. The van der Waals surface area contributed by atoms with E-state index in [4.69, 9.17) is 0 Å². The summed E-state index contributed by atoms with van der Waals surface area (Å²) in [4.78, 5) is 2.70. The molecular weight excluding hydrogens is 222 g/mol. The van der Waals surface area contributed by atoms with Crippen molar-refractivity contribution in [2.45, 2.75) is 51.6 Å². The normalized spacial score (nSPS) is 37.8. The molecule has 0 spiro atoms. The first-order valence-corrected chi connectivity index (χ1v) is 7.88. The van der Waals surface area contributed by atoms with E-state index in [-0.39, 0.29) is 0 Å². The Hall–Kier alpha value is -0.120. The summed E-state index contributed by atoms with van der Waals surface area (Å²) in [5.74, 6) is 0.779. The summed E-state index contributed by atoms with van der Waals surface area (Å²) in [6, 6.07) is 1.70. The topological polar surface area (TPSA) is 27.3 Å². The van der Waals surface area contributed by atoms with Crippen LogP contribution in [0.3, 0.4) is 0 Å². The predicted molar refractivity (Wildman–Crippen MR) is 75.8 cm³/mol. The Labute approximate surface area is 112 Å². The summed E-state index contributed by atoms with van der Waals surface area (Å²) in [5, 5.41) is 7.43. The van der Waals surface area contributed by atoms with Crippen LogP contribution in [0, 0.1) is 11.3 Å². The number of nitrogens with one attached hydrogen (secondary N) is 2. The first-order valence-electron chi connectivity index (χ1n) is 7.88. The Morgan fingerprint density at radius 1 is 1.33 bits per heavy atom. The molecule has 0 aromatic heterocycles. The van der Waals surface area contributed by atoms with Crippen molar-refractivity contribution in [1.29, 1.82) is 0 Å². The fourth-order valence-corrected chi connectivity index (χ4v) is 3.68. The van der Waals surface area contributed by atoms with Gasteiger partial charge in [0.2, 0.25) is 0 Å². The Kier molecular flexibility index (Phi) is 3.65. The van der Waals surface area contributed by atoms with Gasteiger partial charge >= 0.3 is 0 Å². The molecule has 104 valence electrons. The summed E-state index contributed by atoms with van der Waals surface area (Å²) in [6.07, 6.45) is 5.61. The van der Waals surface area contributed by atoms with Crippen molar-refractivity contribution in [1.82, 2.24) is 15.5 Å². The van der Waals surface area contributed by atoms with Gasteiger partial charge in [0.25, 0.3) is 0 Å². The van der Waals surface area contributed by atoms with Gasteiger partial charge in [-0.1, -0.05) is 13.8 Å². The average molecular weight is 251 g/mol. The Morgan fingerprint density at radius 3 is 2.78 bits per heavy atom. The van der Waals surface area contributed by atoms with E-state index in [1.165, 1.54) is 58.4 Å². The molecule has 0 aromatic carbocycles. The molecule has 0 bridgehead atoms. The van der Waals surface area contributed by atoms with Gasteiger partial charge in [0.1, 0.15) is 0 Å². The van der Waals surface area contributed by atoms with Crippen LogP contribution >= 0.6 is 0 Å². The maximum Gasteiger partial charge on any atom is 0.0207 e. The van der Waals surface area contributed by atoms with E-state index < -0.39 is 0 Å². The average Bonchev–Trinajstić information content (AvgIpc) is 2.93. The van der Waals surface area contributed by atoms with E-state index in [0.29, 0.717) is 5.41 Å². The van der Waals surface area contributed by atoms with Crippen molar-refractivity contribution < 1.29 is 0 Å². The third-order valence-corrected chi connectivity index (χ3v) is 5.53. The Balaban J connectivity index is 1.48. The first kappa shape index (κ1) is 12.9. The maximum absolute atomic E-state index is 3.88. The van der Waals surface area contributed by atoms with Gasteiger partial charge in [-0.05, 0) is 43.6 Å². The van der Waals surface area contributed by atoms with E-state index in [1.54, 1.807) is 0 Å². The minimum Gasteiger partial charge on any atom is -0.316 e. The molecule has 18 heavy (non-hydrogen) atoms. The van der Waals surface area contributed by atoms with E-state index >= 15 is 0 Å². The standard InChI is InChI=1S/C15H29N3/c1-12(2)15(6-7-16-10-15)11-17-13-5-8-18(9-13)14-3-4-14/h12-14,16-17H,3-11H2,1-2H3. The molecule has 3 rings (SSSR count). The summed E-state index contributed by atoms with van der Waals surface area (Å²) in [5.41, 5.74) is 0.507. The number of nitrogens with zero attached hydrogens (tertiary/aromatic N) is 1. The zero-order valence-electron chi connectivity index (χ0n) is 12.0. The first-order chi connectivity index (χ1) is 8.70. The highest BCUT2D eigenvalue weighted by atomic mass is 15.2. The molecule has 2 aliphatic heterocycles. The second-order valence-electron chi connectivity index (χ2n) is 7.04. The third-order valence-electron chi connectivity index (χ3n) is 5.53. The van der Waals surface area contributed by atoms with Crippen molar-refractivity contribution in [3.63, 3.8) is 0 Å². The highest BCUT2D eigenvalue weighted by Crippen LogP contribution is 2.34. The van der Waals surface area contributed by atoms with Crippen LogP contribution in [-0.2, 0) is 0 Å². The Morgan fingerprint density at radius 2 is 2.17 bits per heavy atom. The van der Waals surface area contributed by atoms with Crippen LogP contribution in [0.5, 0.6) is 0 Å². The second-order valence-corrected chi connectivity index (χ2v) is 7.04. The van der Waals surface area contributed by atoms with Crippen LogP contribution in [0.1, 0.15) is 39.5 Å². The van der Waals surface area contributed by atoms with Gasteiger partial charge in [0, 0.05) is 38.3 Å². The van der Waals surface area contributed by atoms with Gasteiger partial charge in [0.05, 0.1) is 0 Å². The lowest BCUT2D eigenvalue weighted by Crippen LogP contribution is -2.45. The number of rotatable bonds is 5. The highest BCUT2D eigenvalue weighted by molar-refractivity contribution is 4.96. The van der Waals surface area contributed by atoms with Crippen LogP contribution in [0.15, 0.2) is 0 Å². The van der Waals surface area contributed by atoms with Gasteiger partial charge in [-0.15, -0.1) is 0 Å². The molecule has 3 fully saturated rings. The summed E-state index contributed by atoms with van der Waals surface area (Å²) in [6.45, 7) is 11.0. The number of likely N-dealkylation sites (tertiary alicyclic amines) is 1. The lowest BCUT2D eigenvalue weighted by molar-refractivity contribution is 0.199. The minimum atomic E-state index is 0.507. The molecule has 2 saturated heterocycles. The smallest absolute Gasteiger partial charge is 0.0207 e. The second kappa shape index (κ2) is 5.10. The van der Waals surface area contributed by atoms with Gasteiger partial charge < -0.3 is 10.6 Å². The Bertz CT molecular complexity index is 279. The van der Waals surface area contributed by atoms with Gasteiger partial charge in [0.15, 0.2) is 0 Å². The molecule has 2 N–H and O–H groups in total. The minimum absolute atomic E-state index is 0.507. The van der Waals surface area contributed by atoms with Crippen molar-refractivity contribution in [2.75, 3.05) is 32.7 Å². The highest BCUT2D eigenvalue weighted by Gasteiger charge is 2.39. The molecule has 2 unspecified atom stereocenters. The molecule has 1 aliphatic carbocycles. The van der Waals surface area contributed by atoms with Crippen LogP contribution in [0.25, 0.3) is 0 Å². The van der Waals surface area contributed by atoms with Crippen LogP contribution < -0.4 is 10.6 Å². The van der Waals surface area contributed by atoms with Crippen molar-refractivity contribution >= 4 is 0 Å². The lowest BCUT2D eigenvalue weighted by Gasteiger charge is -2.34. The number of hydrogen-bond donors (Lipinski definition) is 2. The van der Waals surface area contributed by atoms with Gasteiger partial charge in [-0.3, -0.25) is 4.90 Å². The quantitative estimate of drug-likeness (QED) is 0.774. The van der Waals surface area contributed by atoms with Crippen molar-refractivity contribution in [2.24, 2.45) is 11.3 Å². The molecule has 2 heterocycles. The van der Waals surface area contributed by atoms with E-state index in [1.807, 2.05) is 0 Å². The van der Waals surface area contributed by atoms with Gasteiger partial charge in [-0.2, -0.15) is 0 Å². The van der Waals surface area contributed by atoms with E-state index in [0.717, 1.165) is 18.0 Å². The number of hydrogen-bond acceptors (Lipinski definition) is 3. The summed E-state index contributed by atoms with van der Waals surface area (Å²) in [7, 11) is 0. The monoisotopic (exact) mass is 251 g/mol. The molecule has 1 saturated carbocycles. The fraction of sp³-hybridized carbons (Fsp3) is 1.00. The maximum atomic E-state index is 3.88. The third kappa shape index (κ3) is 2.59. The zero-order chi connectivity index (χ0) is 12.6. The molecule has 0 aromatic rings. The molecule has 2 atom stereocenters. The zero-order valence-corrected chi connectivity index (χ0v) is 12.0. The molecule has 0 amide bonds. The van der Waals surface area contributed by atoms with Crippen molar-refractivity contribution in [3.05, 3.63) is 0 Å². The van der Waals surface area contributed by atoms with Crippen molar-refractivity contribution in [3.8, 4) is 0 Å². The van der Waals surface area contributed by atoms with Crippen LogP contribution in [0.4, 0.5) is 0 Å².